The fourth-order valence-electron chi connectivity index (χ4n) is 3.02. The van der Waals surface area contributed by atoms with Crippen LogP contribution < -0.4 is 10.2 Å². The smallest absolute Gasteiger partial charge is 0.0401 e. The topological polar surface area (TPSA) is 15.3 Å². The molecule has 1 aliphatic heterocycles. The van der Waals surface area contributed by atoms with Crippen LogP contribution in [-0.4, -0.2) is 26.2 Å². The second-order valence-electron chi connectivity index (χ2n) is 5.87. The lowest BCUT2D eigenvalue weighted by Gasteiger charge is -2.41. The Morgan fingerprint density at radius 1 is 1.33 bits per heavy atom. The predicted octanol–water partition coefficient (Wildman–Crippen LogP) is 2.93. The molecule has 0 radical (unpaired) electrons. The first kappa shape index (κ1) is 13.4. The van der Waals surface area contributed by atoms with E-state index < -0.39 is 0 Å². The summed E-state index contributed by atoms with van der Waals surface area (Å²) in [5, 5.41) is 3.30. The maximum atomic E-state index is 3.30. The van der Waals surface area contributed by atoms with Crippen LogP contribution in [0.2, 0.25) is 0 Å². The number of nitrogens with one attached hydrogen (secondary N) is 1. The Kier molecular flexibility index (Phi) is 4.28. The minimum Gasteiger partial charge on any atom is -0.368 e. The second kappa shape index (κ2) is 5.75. The van der Waals surface area contributed by atoms with Crippen molar-refractivity contribution >= 4 is 5.69 Å². The molecular formula is C16H26N2. The molecule has 0 aliphatic carbocycles. The van der Waals surface area contributed by atoms with Crippen LogP contribution in [0.5, 0.6) is 0 Å². The van der Waals surface area contributed by atoms with Crippen molar-refractivity contribution in [3.8, 4) is 0 Å². The van der Waals surface area contributed by atoms with Crippen molar-refractivity contribution in [1.82, 2.24) is 5.32 Å². The molecule has 100 valence electrons. The maximum Gasteiger partial charge on any atom is 0.0401 e. The Bertz CT molecular complexity index is 388. The van der Waals surface area contributed by atoms with Crippen molar-refractivity contribution in [2.24, 2.45) is 11.8 Å². The maximum absolute atomic E-state index is 3.30. The molecule has 1 N–H and O–H groups in total. The van der Waals surface area contributed by atoms with Gasteiger partial charge in [0.1, 0.15) is 0 Å². The Hall–Kier alpha value is -1.02. The molecule has 0 spiro atoms. The van der Waals surface area contributed by atoms with Gasteiger partial charge in [0.15, 0.2) is 0 Å². The number of nitrogens with zero attached hydrogens (tertiary/aromatic N) is 1. The van der Waals surface area contributed by atoms with Crippen molar-refractivity contribution < 1.29 is 0 Å². The number of fused-ring (bicyclic) bond motifs is 1. The molecule has 2 heteroatoms. The molecule has 3 unspecified atom stereocenters. The van der Waals surface area contributed by atoms with Gasteiger partial charge in [-0.1, -0.05) is 32.0 Å². The van der Waals surface area contributed by atoms with Gasteiger partial charge < -0.3 is 10.2 Å². The van der Waals surface area contributed by atoms with Gasteiger partial charge in [-0.25, -0.2) is 0 Å². The molecule has 2 nitrogen and oxygen atoms in total. The molecule has 2 rings (SSSR count). The Morgan fingerprint density at radius 3 is 2.78 bits per heavy atom. The zero-order chi connectivity index (χ0) is 13.1. The molecule has 1 heterocycles. The van der Waals surface area contributed by atoms with Gasteiger partial charge in [-0.2, -0.15) is 0 Å². The van der Waals surface area contributed by atoms with Crippen molar-refractivity contribution in [2.45, 2.75) is 33.2 Å². The zero-order valence-electron chi connectivity index (χ0n) is 12.1. The summed E-state index contributed by atoms with van der Waals surface area (Å²) < 4.78 is 0. The molecule has 0 bridgehead atoms. The number of benzene rings is 1. The van der Waals surface area contributed by atoms with Gasteiger partial charge >= 0.3 is 0 Å². The highest BCUT2D eigenvalue weighted by Gasteiger charge is 2.27. The molecule has 1 aliphatic rings. The second-order valence-corrected chi connectivity index (χ2v) is 5.87. The van der Waals surface area contributed by atoms with E-state index in [0.29, 0.717) is 12.0 Å². The van der Waals surface area contributed by atoms with E-state index >= 15 is 0 Å². The van der Waals surface area contributed by atoms with Crippen LogP contribution in [0.25, 0.3) is 0 Å². The minimum atomic E-state index is 0.585. The molecule has 1 aromatic carbocycles. The van der Waals surface area contributed by atoms with Gasteiger partial charge in [0.2, 0.25) is 0 Å². The normalized spacial score (nSPS) is 22.4. The summed E-state index contributed by atoms with van der Waals surface area (Å²) in [6.07, 6.45) is 1.22. The van der Waals surface area contributed by atoms with Crippen LogP contribution >= 0.6 is 0 Å². The van der Waals surface area contributed by atoms with Crippen molar-refractivity contribution in [3.05, 3.63) is 29.8 Å². The SMILES string of the molecule is CNCC(C)C(C)N1CC(C)Cc2ccccc21. The Balaban J connectivity index is 2.22. The van der Waals surface area contributed by atoms with Crippen LogP contribution in [0.4, 0.5) is 5.69 Å². The van der Waals surface area contributed by atoms with Gasteiger partial charge in [0.05, 0.1) is 0 Å². The van der Waals surface area contributed by atoms with Crippen molar-refractivity contribution in [3.63, 3.8) is 0 Å². The highest BCUT2D eigenvalue weighted by molar-refractivity contribution is 5.56. The third kappa shape index (κ3) is 2.69. The fourth-order valence-corrected chi connectivity index (χ4v) is 3.02. The molecule has 3 atom stereocenters. The number of rotatable bonds is 4. The lowest BCUT2D eigenvalue weighted by Crippen LogP contribution is -2.45. The fraction of sp³-hybridized carbons (Fsp3) is 0.625. The average molecular weight is 246 g/mol. The molecule has 1 aromatic rings. The quantitative estimate of drug-likeness (QED) is 0.879. The molecule has 0 saturated carbocycles. The van der Waals surface area contributed by atoms with E-state index in [1.165, 1.54) is 24.2 Å². The Labute approximate surface area is 111 Å². The van der Waals surface area contributed by atoms with E-state index in [0.717, 1.165) is 12.5 Å². The number of hydrogen-bond acceptors (Lipinski definition) is 2. The number of anilines is 1. The lowest BCUT2D eigenvalue weighted by atomic mass is 9.90. The largest absolute Gasteiger partial charge is 0.368 e. The van der Waals surface area contributed by atoms with E-state index in [1.54, 1.807) is 0 Å². The number of hydrogen-bond donors (Lipinski definition) is 1. The standard InChI is InChI=1S/C16H26N2/c1-12-9-15-7-5-6-8-16(15)18(11-12)14(3)13(2)10-17-4/h5-8,12-14,17H,9-11H2,1-4H3. The molecule has 0 amide bonds. The highest BCUT2D eigenvalue weighted by Crippen LogP contribution is 2.32. The van der Waals surface area contributed by atoms with Gasteiger partial charge in [-0.3, -0.25) is 0 Å². The van der Waals surface area contributed by atoms with E-state index in [4.69, 9.17) is 0 Å². The predicted molar refractivity (Wildman–Crippen MR) is 79.2 cm³/mol. The van der Waals surface area contributed by atoms with Gasteiger partial charge in [-0.15, -0.1) is 0 Å². The summed E-state index contributed by atoms with van der Waals surface area (Å²) in [5.41, 5.74) is 2.96. The molecular weight excluding hydrogens is 220 g/mol. The van der Waals surface area contributed by atoms with Crippen LogP contribution in [0.1, 0.15) is 26.3 Å². The van der Waals surface area contributed by atoms with Crippen molar-refractivity contribution in [2.75, 3.05) is 25.0 Å². The monoisotopic (exact) mass is 246 g/mol. The molecule has 0 fully saturated rings. The summed E-state index contributed by atoms with van der Waals surface area (Å²) in [6, 6.07) is 9.48. The van der Waals surface area contributed by atoms with E-state index in [1.807, 2.05) is 7.05 Å². The van der Waals surface area contributed by atoms with Crippen LogP contribution in [0.3, 0.4) is 0 Å². The van der Waals surface area contributed by atoms with Crippen molar-refractivity contribution in [1.29, 1.82) is 0 Å². The summed E-state index contributed by atoms with van der Waals surface area (Å²) in [4.78, 5) is 2.60. The number of para-hydroxylation sites is 1. The summed E-state index contributed by atoms with van der Waals surface area (Å²) in [5.74, 6) is 1.41. The van der Waals surface area contributed by atoms with Crippen LogP contribution in [0, 0.1) is 11.8 Å². The molecule has 0 saturated heterocycles. The third-order valence-electron chi connectivity index (χ3n) is 4.22. The first-order valence-electron chi connectivity index (χ1n) is 7.12. The third-order valence-corrected chi connectivity index (χ3v) is 4.22. The van der Waals surface area contributed by atoms with Gasteiger partial charge in [0.25, 0.3) is 0 Å². The van der Waals surface area contributed by atoms with E-state index in [2.05, 4.69) is 55.3 Å². The van der Waals surface area contributed by atoms with Crippen LogP contribution in [0.15, 0.2) is 24.3 Å². The minimum absolute atomic E-state index is 0.585. The van der Waals surface area contributed by atoms with Crippen LogP contribution in [-0.2, 0) is 6.42 Å². The molecule has 18 heavy (non-hydrogen) atoms. The van der Waals surface area contributed by atoms with Gasteiger partial charge in [-0.05, 0) is 50.4 Å². The Morgan fingerprint density at radius 2 is 2.06 bits per heavy atom. The first-order chi connectivity index (χ1) is 8.63. The van der Waals surface area contributed by atoms with E-state index in [9.17, 15) is 0 Å². The summed E-state index contributed by atoms with van der Waals surface area (Å²) in [6.45, 7) is 9.32. The highest BCUT2D eigenvalue weighted by atomic mass is 15.2. The first-order valence-corrected chi connectivity index (χ1v) is 7.12. The zero-order valence-corrected chi connectivity index (χ0v) is 12.1. The average Bonchev–Trinajstić information content (AvgIpc) is 2.37. The summed E-state index contributed by atoms with van der Waals surface area (Å²) in [7, 11) is 2.04. The van der Waals surface area contributed by atoms with Gasteiger partial charge in [0, 0.05) is 18.3 Å². The molecule has 0 aromatic heterocycles. The summed E-state index contributed by atoms with van der Waals surface area (Å²) >= 11 is 0. The lowest BCUT2D eigenvalue weighted by molar-refractivity contribution is 0.400. The van der Waals surface area contributed by atoms with E-state index in [-0.39, 0.29) is 0 Å².